The summed E-state index contributed by atoms with van der Waals surface area (Å²) < 4.78 is 11.2. The van der Waals surface area contributed by atoms with Crippen LogP contribution < -0.4 is 5.32 Å². The minimum atomic E-state index is -0.207. The Hall–Kier alpha value is -7.11. The van der Waals surface area contributed by atoms with Gasteiger partial charge in [0.2, 0.25) is 5.96 Å². The van der Waals surface area contributed by atoms with Gasteiger partial charge < -0.3 is 14.3 Å². The van der Waals surface area contributed by atoms with Crippen LogP contribution in [0.1, 0.15) is 17.4 Å². The summed E-state index contributed by atoms with van der Waals surface area (Å²) in [6, 6.07) is 60.5. The van der Waals surface area contributed by atoms with E-state index in [-0.39, 0.29) is 6.04 Å². The van der Waals surface area contributed by atoms with Crippen molar-refractivity contribution in [1.82, 2.24) is 14.5 Å². The van der Waals surface area contributed by atoms with Crippen molar-refractivity contribution in [1.29, 1.82) is 0 Å². The maximum absolute atomic E-state index is 6.51. The van der Waals surface area contributed by atoms with Crippen LogP contribution in [0.25, 0.3) is 81.8 Å². The molecule has 0 spiro atoms. The maximum Gasteiger partial charge on any atom is 0.209 e. The molecule has 1 atom stereocenters. The largest absolute Gasteiger partial charge is 0.456 e. The van der Waals surface area contributed by atoms with Gasteiger partial charge in [-0.3, -0.25) is 4.57 Å². The molecule has 0 aliphatic carbocycles. The summed E-state index contributed by atoms with van der Waals surface area (Å²) in [6.45, 7) is 0. The molecule has 11 aromatic rings. The predicted octanol–water partition coefficient (Wildman–Crippen LogP) is 12.2. The number of hydrogen-bond donors (Lipinski definition) is 1. The van der Waals surface area contributed by atoms with E-state index < -0.39 is 0 Å². The zero-order valence-electron chi connectivity index (χ0n) is 28.5. The third kappa shape index (κ3) is 3.93. The molecule has 5 nitrogen and oxygen atoms in total. The molecule has 53 heavy (non-hydrogen) atoms. The van der Waals surface area contributed by atoms with Gasteiger partial charge in [-0.1, -0.05) is 121 Å². The van der Waals surface area contributed by atoms with E-state index in [1.165, 1.54) is 54.1 Å². The molecule has 12 rings (SSSR count). The zero-order chi connectivity index (χ0) is 34.6. The van der Waals surface area contributed by atoms with Gasteiger partial charge in [-0.25, -0.2) is 4.99 Å². The zero-order valence-corrected chi connectivity index (χ0v) is 28.5. The van der Waals surface area contributed by atoms with Crippen LogP contribution in [0.15, 0.2) is 179 Å². The summed E-state index contributed by atoms with van der Waals surface area (Å²) in [5.41, 5.74) is 8.61. The third-order valence-electron chi connectivity index (χ3n) is 11.2. The number of aliphatic imine (C=N–C) groups is 1. The number of aromatic nitrogens is 2. The first-order valence-electron chi connectivity index (χ1n) is 18.1. The first-order chi connectivity index (χ1) is 26.3. The Morgan fingerprint density at radius 1 is 0.453 bits per heavy atom. The highest BCUT2D eigenvalue weighted by molar-refractivity contribution is 6.33. The molecule has 1 aliphatic heterocycles. The van der Waals surface area contributed by atoms with Gasteiger partial charge in [0.25, 0.3) is 0 Å². The highest BCUT2D eigenvalue weighted by Gasteiger charge is 2.31. The Balaban J connectivity index is 1.17. The van der Waals surface area contributed by atoms with E-state index >= 15 is 0 Å². The molecule has 3 aromatic heterocycles. The molecule has 0 bridgehead atoms. The lowest BCUT2D eigenvalue weighted by Crippen LogP contribution is -2.36. The molecule has 4 heterocycles. The van der Waals surface area contributed by atoms with Gasteiger partial charge in [0.05, 0.1) is 22.1 Å². The lowest BCUT2D eigenvalue weighted by molar-refractivity contribution is 0.501. The molecule has 1 unspecified atom stereocenters. The summed E-state index contributed by atoms with van der Waals surface area (Å²) in [6.07, 6.45) is 0. The van der Waals surface area contributed by atoms with Crippen LogP contribution in [0.5, 0.6) is 0 Å². The van der Waals surface area contributed by atoms with Crippen molar-refractivity contribution in [3.8, 4) is 5.69 Å². The lowest BCUT2D eigenvalue weighted by atomic mass is 9.95. The van der Waals surface area contributed by atoms with E-state index in [1.807, 2.05) is 12.1 Å². The quantitative estimate of drug-likeness (QED) is 0.185. The van der Waals surface area contributed by atoms with Crippen LogP contribution in [0, 0.1) is 0 Å². The second-order valence-electron chi connectivity index (χ2n) is 14.0. The van der Waals surface area contributed by atoms with Crippen molar-refractivity contribution in [2.24, 2.45) is 4.99 Å². The monoisotopic (exact) mass is 678 g/mol. The number of nitrogens with one attached hydrogen (secondary N) is 1. The van der Waals surface area contributed by atoms with Gasteiger partial charge in [-0.2, -0.15) is 0 Å². The Morgan fingerprint density at radius 2 is 1.04 bits per heavy atom. The standard InChI is InChI=1S/C48H30N4O/c1-3-13-30(14-4-1)45-47-46(36-19-9-12-22-41(36)53-47)50-48(49-45)52-38-21-11-7-17-34(38)43-33-25-23-29-24-27-40-44(42(29)32(33)26-28-39(43)52)35-18-8-10-20-37(35)51(40)31-15-5-2-6-16-31/h1-28,45H,(H,49,50). The second-order valence-corrected chi connectivity index (χ2v) is 14.0. The fourth-order valence-corrected chi connectivity index (χ4v) is 8.93. The molecular formula is C48H30N4O. The molecule has 0 amide bonds. The number of rotatable bonds is 2. The number of fused-ring (bicyclic) bond motifs is 14. The van der Waals surface area contributed by atoms with Crippen molar-refractivity contribution < 1.29 is 4.42 Å². The molecule has 0 fully saturated rings. The van der Waals surface area contributed by atoms with Gasteiger partial charge in [0.1, 0.15) is 17.3 Å². The highest BCUT2D eigenvalue weighted by atomic mass is 16.3. The molecule has 0 saturated heterocycles. The van der Waals surface area contributed by atoms with E-state index in [4.69, 9.17) is 9.41 Å². The van der Waals surface area contributed by atoms with E-state index in [0.29, 0.717) is 0 Å². The first-order valence-corrected chi connectivity index (χ1v) is 18.1. The summed E-state index contributed by atoms with van der Waals surface area (Å²) in [4.78, 5) is 5.36. The minimum absolute atomic E-state index is 0.207. The van der Waals surface area contributed by atoms with Crippen LogP contribution in [0.2, 0.25) is 0 Å². The molecule has 5 heteroatoms. The van der Waals surface area contributed by atoms with E-state index in [0.717, 1.165) is 50.7 Å². The van der Waals surface area contributed by atoms with Crippen molar-refractivity contribution in [2.45, 2.75) is 6.04 Å². The van der Waals surface area contributed by atoms with Crippen LogP contribution in [-0.2, 0) is 0 Å². The number of para-hydroxylation sites is 4. The third-order valence-corrected chi connectivity index (χ3v) is 11.2. The van der Waals surface area contributed by atoms with Crippen LogP contribution in [0.3, 0.4) is 0 Å². The van der Waals surface area contributed by atoms with Crippen molar-refractivity contribution in [2.75, 3.05) is 0 Å². The second kappa shape index (κ2) is 10.7. The Kier molecular flexibility index (Phi) is 5.77. The fraction of sp³-hybridized carbons (Fsp3) is 0.0208. The van der Waals surface area contributed by atoms with Crippen LogP contribution in [0.4, 0.5) is 5.69 Å². The summed E-state index contributed by atoms with van der Waals surface area (Å²) in [5.74, 6) is 1.61. The van der Waals surface area contributed by atoms with Crippen LogP contribution >= 0.6 is 0 Å². The highest BCUT2D eigenvalue weighted by Crippen LogP contribution is 2.45. The van der Waals surface area contributed by atoms with Gasteiger partial charge in [-0.05, 0) is 75.6 Å². The number of furan rings is 1. The molecule has 8 aromatic carbocycles. The van der Waals surface area contributed by atoms with Crippen LogP contribution in [-0.4, -0.2) is 15.1 Å². The summed E-state index contributed by atoms with van der Waals surface area (Å²) in [7, 11) is 0. The minimum Gasteiger partial charge on any atom is -0.456 e. The average molecular weight is 679 g/mol. The Morgan fingerprint density at radius 3 is 1.85 bits per heavy atom. The van der Waals surface area contributed by atoms with Crippen molar-refractivity contribution in [3.05, 3.63) is 181 Å². The number of nitrogens with zero attached hydrogens (tertiary/aromatic N) is 3. The number of benzene rings is 8. The molecular weight excluding hydrogens is 649 g/mol. The molecule has 248 valence electrons. The first kappa shape index (κ1) is 28.6. The van der Waals surface area contributed by atoms with E-state index in [1.54, 1.807) is 0 Å². The smallest absolute Gasteiger partial charge is 0.209 e. The summed E-state index contributed by atoms with van der Waals surface area (Å²) >= 11 is 0. The normalized spacial score (nSPS) is 14.5. The molecule has 1 N–H and O–H groups in total. The van der Waals surface area contributed by atoms with Gasteiger partial charge in [0, 0.05) is 32.6 Å². The lowest BCUT2D eigenvalue weighted by Gasteiger charge is -2.25. The Bertz CT molecular complexity index is 3310. The number of hydrogen-bond acceptors (Lipinski definition) is 3. The average Bonchev–Trinajstić information content (AvgIpc) is 3.89. The molecule has 0 radical (unpaired) electrons. The van der Waals surface area contributed by atoms with Gasteiger partial charge in [-0.15, -0.1) is 0 Å². The Labute approximate surface area is 303 Å². The topological polar surface area (TPSA) is 47.4 Å². The predicted molar refractivity (Wildman–Crippen MR) is 219 cm³/mol. The summed E-state index contributed by atoms with van der Waals surface area (Å²) in [5, 5.41) is 14.7. The van der Waals surface area contributed by atoms with Crippen molar-refractivity contribution >= 4 is 87.8 Å². The van der Waals surface area contributed by atoms with Gasteiger partial charge >= 0.3 is 0 Å². The maximum atomic E-state index is 6.51. The molecule has 1 aliphatic rings. The van der Waals surface area contributed by atoms with E-state index in [2.05, 4.69) is 172 Å². The molecule has 0 saturated carbocycles. The van der Waals surface area contributed by atoms with Gasteiger partial charge in [0.15, 0.2) is 5.76 Å². The van der Waals surface area contributed by atoms with E-state index in [9.17, 15) is 0 Å². The SMILES string of the molecule is c1ccc(C2NC(n3c4ccccc4c4c5ccc6ccc7c(c8ccccc8n7-c7ccccc7)c6c5ccc43)=Nc3c2oc2ccccc32)cc1. The van der Waals surface area contributed by atoms with Crippen molar-refractivity contribution in [3.63, 3.8) is 0 Å². The fourth-order valence-electron chi connectivity index (χ4n) is 8.93.